The Kier molecular flexibility index (Phi) is 12.2. The summed E-state index contributed by atoms with van der Waals surface area (Å²) in [6.45, 7) is 10.1. The van der Waals surface area contributed by atoms with Crippen LogP contribution in [0.5, 0.6) is 17.2 Å². The highest BCUT2D eigenvalue weighted by Gasteiger charge is 2.15. The zero-order valence-corrected chi connectivity index (χ0v) is 19.3. The Morgan fingerprint density at radius 1 is 1.04 bits per heavy atom. The fourth-order valence-electron chi connectivity index (χ4n) is 2.35. The summed E-state index contributed by atoms with van der Waals surface area (Å²) in [5.74, 6) is 3.35. The van der Waals surface area contributed by atoms with Gasteiger partial charge in [0.05, 0.1) is 21.3 Å². The van der Waals surface area contributed by atoms with Gasteiger partial charge >= 0.3 is 0 Å². The minimum absolute atomic E-state index is 0. The first-order chi connectivity index (χ1) is 12.0. The van der Waals surface area contributed by atoms with Crippen molar-refractivity contribution in [2.45, 2.75) is 40.2 Å². The van der Waals surface area contributed by atoms with Crippen LogP contribution in [0.4, 0.5) is 0 Å². The van der Waals surface area contributed by atoms with Crippen LogP contribution in [-0.2, 0) is 6.42 Å². The fourth-order valence-corrected chi connectivity index (χ4v) is 2.35. The van der Waals surface area contributed by atoms with E-state index in [0.29, 0.717) is 35.8 Å². The van der Waals surface area contributed by atoms with Crippen LogP contribution in [0.3, 0.4) is 0 Å². The van der Waals surface area contributed by atoms with Gasteiger partial charge in [-0.2, -0.15) is 0 Å². The van der Waals surface area contributed by atoms with Gasteiger partial charge < -0.3 is 24.8 Å². The molecule has 2 N–H and O–H groups in total. The van der Waals surface area contributed by atoms with E-state index >= 15 is 0 Å². The van der Waals surface area contributed by atoms with E-state index in [1.807, 2.05) is 12.1 Å². The Morgan fingerprint density at radius 3 is 2.19 bits per heavy atom. The van der Waals surface area contributed by atoms with E-state index in [1.165, 1.54) is 0 Å². The Hall–Kier alpha value is -1.38. The Labute approximate surface area is 175 Å². The smallest absolute Gasteiger partial charge is 0.203 e. The van der Waals surface area contributed by atoms with Crippen molar-refractivity contribution >= 4 is 29.9 Å². The second kappa shape index (κ2) is 12.9. The number of hydrogen-bond donors (Lipinski definition) is 2. The second-order valence-corrected chi connectivity index (χ2v) is 6.18. The summed E-state index contributed by atoms with van der Waals surface area (Å²) in [6.07, 6.45) is 0.746. The number of rotatable bonds is 9. The maximum absolute atomic E-state index is 5.53. The highest BCUT2D eigenvalue weighted by Crippen LogP contribution is 2.39. The van der Waals surface area contributed by atoms with Crippen molar-refractivity contribution in [1.82, 2.24) is 10.6 Å². The molecule has 0 aromatic heterocycles. The highest BCUT2D eigenvalue weighted by molar-refractivity contribution is 14.0. The minimum Gasteiger partial charge on any atom is -0.493 e. The molecule has 0 fully saturated rings. The van der Waals surface area contributed by atoms with Crippen LogP contribution >= 0.6 is 24.0 Å². The summed E-state index contributed by atoms with van der Waals surface area (Å²) >= 11 is 0. The summed E-state index contributed by atoms with van der Waals surface area (Å²) in [5, 5.41) is 6.72. The van der Waals surface area contributed by atoms with Crippen LogP contribution < -0.4 is 24.8 Å². The van der Waals surface area contributed by atoms with Crippen molar-refractivity contribution in [3.05, 3.63) is 17.7 Å². The quantitative estimate of drug-likeness (QED) is 0.323. The third-order valence-corrected chi connectivity index (χ3v) is 4.15. The third kappa shape index (κ3) is 7.09. The number of aliphatic imine (C=N–C) groups is 1. The monoisotopic (exact) mass is 479 g/mol. The van der Waals surface area contributed by atoms with Crippen molar-refractivity contribution in [3.8, 4) is 17.2 Å². The number of methoxy groups -OCH3 is 3. The molecule has 0 spiro atoms. The van der Waals surface area contributed by atoms with Crippen LogP contribution in [-0.4, -0.2) is 46.4 Å². The van der Waals surface area contributed by atoms with Gasteiger partial charge in [0.25, 0.3) is 0 Å². The molecule has 1 aromatic rings. The molecule has 0 bridgehead atoms. The van der Waals surface area contributed by atoms with Gasteiger partial charge in [0.2, 0.25) is 5.75 Å². The summed E-state index contributed by atoms with van der Waals surface area (Å²) in [4.78, 5) is 4.67. The van der Waals surface area contributed by atoms with E-state index in [2.05, 4.69) is 43.3 Å². The zero-order chi connectivity index (χ0) is 18.8. The van der Waals surface area contributed by atoms with Crippen LogP contribution in [0.2, 0.25) is 0 Å². The molecular weight excluding hydrogens is 445 g/mol. The lowest BCUT2D eigenvalue weighted by Crippen LogP contribution is -2.44. The van der Waals surface area contributed by atoms with Gasteiger partial charge in [-0.3, -0.25) is 4.99 Å². The molecule has 1 aromatic carbocycles. The van der Waals surface area contributed by atoms with E-state index in [1.54, 1.807) is 21.3 Å². The maximum Gasteiger partial charge on any atom is 0.203 e. The first-order valence-electron chi connectivity index (χ1n) is 8.81. The van der Waals surface area contributed by atoms with Crippen LogP contribution in [0.25, 0.3) is 0 Å². The number of nitrogens with zero attached hydrogens (tertiary/aromatic N) is 1. The summed E-state index contributed by atoms with van der Waals surface area (Å²) in [6, 6.07) is 4.24. The molecule has 7 heteroatoms. The molecule has 0 aliphatic carbocycles. The minimum atomic E-state index is 0. The maximum atomic E-state index is 5.53. The zero-order valence-electron chi connectivity index (χ0n) is 17.0. The molecule has 1 atom stereocenters. The van der Waals surface area contributed by atoms with Gasteiger partial charge in [0.15, 0.2) is 17.5 Å². The normalized spacial score (nSPS) is 12.2. The fraction of sp³-hybridized carbons (Fsp3) is 0.632. The number of halogens is 1. The van der Waals surface area contributed by atoms with Gasteiger partial charge in [-0.15, -0.1) is 24.0 Å². The molecular formula is C19H34IN3O3. The molecule has 0 saturated heterocycles. The molecule has 0 amide bonds. The molecule has 0 heterocycles. The first-order valence-corrected chi connectivity index (χ1v) is 8.81. The average molecular weight is 479 g/mol. The number of hydrogen-bond acceptors (Lipinski definition) is 4. The van der Waals surface area contributed by atoms with Gasteiger partial charge in [-0.25, -0.2) is 0 Å². The standard InChI is InChI=1S/C19H33N3O3.HI/c1-8-20-19(22-14(4)13(2)3)21-12-11-15-9-10-16(23-5)18(25-7)17(15)24-6;/h9-10,13-14H,8,11-12H2,1-7H3,(H2,20,21,22);1H. The molecule has 6 nitrogen and oxygen atoms in total. The van der Waals surface area contributed by atoms with E-state index < -0.39 is 0 Å². The third-order valence-electron chi connectivity index (χ3n) is 4.15. The number of ether oxygens (including phenoxy) is 3. The van der Waals surface area contributed by atoms with Crippen molar-refractivity contribution in [3.63, 3.8) is 0 Å². The summed E-state index contributed by atoms with van der Waals surface area (Å²) < 4.78 is 16.3. The topological polar surface area (TPSA) is 64.1 Å². The van der Waals surface area contributed by atoms with Gasteiger partial charge in [0, 0.05) is 24.7 Å². The Balaban J connectivity index is 0.00000625. The number of benzene rings is 1. The van der Waals surface area contributed by atoms with E-state index in [4.69, 9.17) is 14.2 Å². The Bertz CT molecular complexity index is 565. The predicted octanol–water partition coefficient (Wildman–Crippen LogP) is 3.47. The van der Waals surface area contributed by atoms with E-state index in [-0.39, 0.29) is 24.0 Å². The summed E-state index contributed by atoms with van der Waals surface area (Å²) in [7, 11) is 4.87. The Morgan fingerprint density at radius 2 is 1.69 bits per heavy atom. The second-order valence-electron chi connectivity index (χ2n) is 6.18. The molecule has 150 valence electrons. The van der Waals surface area contributed by atoms with Crippen molar-refractivity contribution in [1.29, 1.82) is 0 Å². The lowest BCUT2D eigenvalue weighted by atomic mass is 10.1. The van der Waals surface area contributed by atoms with Crippen molar-refractivity contribution in [2.24, 2.45) is 10.9 Å². The number of guanidine groups is 1. The molecule has 0 saturated carbocycles. The predicted molar refractivity (Wildman–Crippen MR) is 119 cm³/mol. The molecule has 26 heavy (non-hydrogen) atoms. The van der Waals surface area contributed by atoms with Gasteiger partial charge in [0.1, 0.15) is 0 Å². The van der Waals surface area contributed by atoms with Crippen LogP contribution in [0.1, 0.15) is 33.3 Å². The van der Waals surface area contributed by atoms with Crippen molar-refractivity contribution < 1.29 is 14.2 Å². The number of nitrogens with one attached hydrogen (secondary N) is 2. The van der Waals surface area contributed by atoms with Gasteiger partial charge in [-0.05, 0) is 32.3 Å². The molecule has 0 aliphatic heterocycles. The first kappa shape index (κ1) is 24.6. The van der Waals surface area contributed by atoms with Crippen LogP contribution in [0, 0.1) is 5.92 Å². The van der Waals surface area contributed by atoms with Crippen molar-refractivity contribution in [2.75, 3.05) is 34.4 Å². The summed E-state index contributed by atoms with van der Waals surface area (Å²) in [5.41, 5.74) is 1.04. The lowest BCUT2D eigenvalue weighted by Gasteiger charge is -2.20. The van der Waals surface area contributed by atoms with E-state index in [0.717, 1.165) is 24.5 Å². The lowest BCUT2D eigenvalue weighted by molar-refractivity contribution is 0.322. The highest BCUT2D eigenvalue weighted by atomic mass is 127. The molecule has 1 unspecified atom stereocenters. The van der Waals surface area contributed by atoms with E-state index in [9.17, 15) is 0 Å². The molecule has 0 aliphatic rings. The van der Waals surface area contributed by atoms with Gasteiger partial charge in [-0.1, -0.05) is 19.9 Å². The largest absolute Gasteiger partial charge is 0.493 e. The van der Waals surface area contributed by atoms with Crippen LogP contribution in [0.15, 0.2) is 17.1 Å². The molecule has 0 radical (unpaired) electrons. The molecule has 1 rings (SSSR count). The average Bonchev–Trinajstić information content (AvgIpc) is 2.60. The SMILES string of the molecule is CCNC(=NCCc1ccc(OC)c(OC)c1OC)NC(C)C(C)C.I.